The predicted octanol–water partition coefficient (Wildman–Crippen LogP) is 5.06. The van der Waals surface area contributed by atoms with Crippen LogP contribution in [0.15, 0.2) is 47.5 Å². The normalized spacial score (nSPS) is 18.6. The van der Waals surface area contributed by atoms with E-state index in [1.165, 1.54) is 17.3 Å². The van der Waals surface area contributed by atoms with Crippen LogP contribution in [0.2, 0.25) is 0 Å². The van der Waals surface area contributed by atoms with Crippen molar-refractivity contribution >= 4 is 40.1 Å². The van der Waals surface area contributed by atoms with Crippen LogP contribution in [0, 0.1) is 13.8 Å². The Morgan fingerprint density at radius 3 is 2.62 bits per heavy atom. The summed E-state index contributed by atoms with van der Waals surface area (Å²) in [4.78, 5) is 29.2. The molecule has 3 rings (SSSR count). The Morgan fingerprint density at radius 1 is 1.21 bits per heavy atom. The van der Waals surface area contributed by atoms with E-state index >= 15 is 0 Å². The monoisotopic (exact) mass is 409 g/mol. The SMILES string of the molecule is CC[C@H](C)c1ccc(N=C2NC(=O)[C@H](CC(=O)Nc3cc(C)ccc3C)S2)cc1. The molecule has 1 aliphatic heterocycles. The fourth-order valence-corrected chi connectivity index (χ4v) is 4.05. The number of anilines is 1. The van der Waals surface area contributed by atoms with Crippen LogP contribution in [-0.2, 0) is 9.59 Å². The molecule has 6 heteroatoms. The van der Waals surface area contributed by atoms with E-state index in [2.05, 4.69) is 41.6 Å². The molecule has 2 aromatic carbocycles. The van der Waals surface area contributed by atoms with Gasteiger partial charge in [-0.15, -0.1) is 0 Å². The molecule has 5 nitrogen and oxygen atoms in total. The summed E-state index contributed by atoms with van der Waals surface area (Å²) in [5, 5.41) is 5.76. The summed E-state index contributed by atoms with van der Waals surface area (Å²) < 4.78 is 0. The highest BCUT2D eigenvalue weighted by Crippen LogP contribution is 2.27. The molecule has 1 aliphatic rings. The van der Waals surface area contributed by atoms with Crippen LogP contribution in [0.4, 0.5) is 11.4 Å². The van der Waals surface area contributed by atoms with Crippen LogP contribution >= 0.6 is 11.8 Å². The van der Waals surface area contributed by atoms with Gasteiger partial charge in [0.2, 0.25) is 11.8 Å². The fraction of sp³-hybridized carbons (Fsp3) is 0.348. The zero-order valence-corrected chi connectivity index (χ0v) is 18.1. The Balaban J connectivity index is 1.61. The van der Waals surface area contributed by atoms with Crippen molar-refractivity contribution in [3.05, 3.63) is 59.2 Å². The summed E-state index contributed by atoms with van der Waals surface area (Å²) in [5.74, 6) is 0.156. The highest BCUT2D eigenvalue weighted by atomic mass is 32.2. The van der Waals surface area contributed by atoms with Gasteiger partial charge in [-0.3, -0.25) is 9.59 Å². The molecule has 152 valence electrons. The van der Waals surface area contributed by atoms with E-state index in [1.54, 1.807) is 0 Å². The van der Waals surface area contributed by atoms with Gasteiger partial charge >= 0.3 is 0 Å². The third-order valence-corrected chi connectivity index (χ3v) is 6.20. The minimum Gasteiger partial charge on any atom is -0.326 e. The summed E-state index contributed by atoms with van der Waals surface area (Å²) in [7, 11) is 0. The van der Waals surface area contributed by atoms with Crippen LogP contribution in [0.5, 0.6) is 0 Å². The molecular formula is C23H27N3O2S. The van der Waals surface area contributed by atoms with Gasteiger partial charge in [0.15, 0.2) is 5.17 Å². The predicted molar refractivity (Wildman–Crippen MR) is 121 cm³/mol. The van der Waals surface area contributed by atoms with E-state index < -0.39 is 5.25 Å². The summed E-state index contributed by atoms with van der Waals surface area (Å²) in [6.45, 7) is 8.29. The lowest BCUT2D eigenvalue weighted by atomic mass is 9.99. The van der Waals surface area contributed by atoms with Gasteiger partial charge in [0.05, 0.1) is 5.69 Å². The molecule has 1 saturated heterocycles. The first kappa shape index (κ1) is 21.1. The van der Waals surface area contributed by atoms with E-state index in [0.717, 1.165) is 28.9 Å². The average Bonchev–Trinajstić information content (AvgIpc) is 3.03. The van der Waals surface area contributed by atoms with Crippen LogP contribution in [0.3, 0.4) is 0 Å². The number of hydrogen-bond acceptors (Lipinski definition) is 4. The highest BCUT2D eigenvalue weighted by molar-refractivity contribution is 8.15. The third kappa shape index (κ3) is 5.48. The molecule has 0 aliphatic carbocycles. The Hall–Kier alpha value is -2.60. The van der Waals surface area contributed by atoms with Crippen molar-refractivity contribution in [2.45, 2.75) is 51.7 Å². The lowest BCUT2D eigenvalue weighted by Crippen LogP contribution is -2.28. The number of carbonyl (C=O) groups is 2. The Morgan fingerprint density at radius 2 is 1.93 bits per heavy atom. The van der Waals surface area contributed by atoms with E-state index in [1.807, 2.05) is 44.2 Å². The van der Waals surface area contributed by atoms with Crippen LogP contribution in [0.25, 0.3) is 0 Å². The standard InChI is InChI=1S/C23H27N3O2S/c1-5-15(3)17-8-10-18(11-9-17)24-23-26-22(28)20(29-23)13-21(27)25-19-12-14(2)6-7-16(19)4/h6-12,15,20H,5,13H2,1-4H3,(H,25,27)(H,24,26,28)/t15-,20-/m0/s1. The number of amidine groups is 1. The van der Waals surface area contributed by atoms with Gasteiger partial charge in [-0.2, -0.15) is 0 Å². The Bertz CT molecular complexity index is 938. The van der Waals surface area contributed by atoms with Gasteiger partial charge in [-0.05, 0) is 61.1 Å². The number of amides is 2. The number of aryl methyl sites for hydroxylation is 2. The summed E-state index contributed by atoms with van der Waals surface area (Å²) in [6.07, 6.45) is 1.20. The third-order valence-electron chi connectivity index (χ3n) is 5.12. The van der Waals surface area contributed by atoms with Crippen LogP contribution < -0.4 is 10.6 Å². The first-order valence-electron chi connectivity index (χ1n) is 9.89. The lowest BCUT2D eigenvalue weighted by Gasteiger charge is -2.10. The molecule has 0 saturated carbocycles. The molecular weight excluding hydrogens is 382 g/mol. The second-order valence-electron chi connectivity index (χ2n) is 7.48. The number of nitrogens with zero attached hydrogens (tertiary/aromatic N) is 1. The summed E-state index contributed by atoms with van der Waals surface area (Å²) >= 11 is 1.30. The largest absolute Gasteiger partial charge is 0.326 e. The van der Waals surface area contributed by atoms with Crippen molar-refractivity contribution in [1.82, 2.24) is 5.32 Å². The van der Waals surface area contributed by atoms with Crippen molar-refractivity contribution in [3.63, 3.8) is 0 Å². The number of benzene rings is 2. The zero-order chi connectivity index (χ0) is 21.0. The smallest absolute Gasteiger partial charge is 0.240 e. The first-order valence-corrected chi connectivity index (χ1v) is 10.8. The minimum absolute atomic E-state index is 0.107. The van der Waals surface area contributed by atoms with E-state index in [0.29, 0.717) is 11.1 Å². The summed E-state index contributed by atoms with van der Waals surface area (Å²) in [6, 6.07) is 14.0. The number of hydrogen-bond donors (Lipinski definition) is 2. The average molecular weight is 410 g/mol. The number of nitrogens with one attached hydrogen (secondary N) is 2. The fourth-order valence-electron chi connectivity index (χ4n) is 3.06. The van der Waals surface area contributed by atoms with Gasteiger partial charge in [0, 0.05) is 12.1 Å². The van der Waals surface area contributed by atoms with Crippen molar-refractivity contribution in [3.8, 4) is 0 Å². The molecule has 29 heavy (non-hydrogen) atoms. The lowest BCUT2D eigenvalue weighted by molar-refractivity contribution is -0.122. The zero-order valence-electron chi connectivity index (χ0n) is 17.3. The second-order valence-corrected chi connectivity index (χ2v) is 8.68. The number of aliphatic imine (C=N–C) groups is 1. The Labute approximate surface area is 176 Å². The van der Waals surface area contributed by atoms with E-state index in [9.17, 15) is 9.59 Å². The molecule has 0 aromatic heterocycles. The molecule has 0 unspecified atom stereocenters. The molecule has 2 atom stereocenters. The van der Waals surface area contributed by atoms with Crippen LogP contribution in [-0.4, -0.2) is 22.2 Å². The highest BCUT2D eigenvalue weighted by Gasteiger charge is 2.32. The molecule has 0 bridgehead atoms. The van der Waals surface area contributed by atoms with Gasteiger partial charge in [0.1, 0.15) is 5.25 Å². The summed E-state index contributed by atoms with van der Waals surface area (Å²) in [5.41, 5.74) is 4.93. The van der Waals surface area contributed by atoms with Gasteiger partial charge in [-0.1, -0.05) is 49.9 Å². The van der Waals surface area contributed by atoms with Crippen molar-refractivity contribution < 1.29 is 9.59 Å². The van der Waals surface area contributed by atoms with Crippen LogP contribution in [0.1, 0.15) is 49.3 Å². The molecule has 2 amide bonds. The van der Waals surface area contributed by atoms with E-state index in [4.69, 9.17) is 0 Å². The van der Waals surface area contributed by atoms with E-state index in [-0.39, 0.29) is 18.2 Å². The number of rotatable bonds is 6. The van der Waals surface area contributed by atoms with Gasteiger partial charge in [0.25, 0.3) is 0 Å². The maximum atomic E-state index is 12.4. The molecule has 2 aromatic rings. The Kier molecular flexibility index (Phi) is 6.75. The topological polar surface area (TPSA) is 70.6 Å². The van der Waals surface area contributed by atoms with Crippen molar-refractivity contribution in [2.24, 2.45) is 4.99 Å². The van der Waals surface area contributed by atoms with Crippen molar-refractivity contribution in [2.75, 3.05) is 5.32 Å². The second kappa shape index (κ2) is 9.27. The molecule has 2 N–H and O–H groups in total. The maximum absolute atomic E-state index is 12.4. The minimum atomic E-state index is -0.474. The van der Waals surface area contributed by atoms with Crippen molar-refractivity contribution in [1.29, 1.82) is 0 Å². The quantitative estimate of drug-likeness (QED) is 0.700. The maximum Gasteiger partial charge on any atom is 0.240 e. The molecule has 1 fully saturated rings. The molecule has 0 radical (unpaired) electrons. The van der Waals surface area contributed by atoms with Gasteiger partial charge < -0.3 is 10.6 Å². The molecule has 0 spiro atoms. The number of carbonyl (C=O) groups excluding carboxylic acids is 2. The molecule has 1 heterocycles. The first-order chi connectivity index (χ1) is 13.9. The number of thioether (sulfide) groups is 1. The van der Waals surface area contributed by atoms with Gasteiger partial charge in [-0.25, -0.2) is 4.99 Å².